The number of aryl methyl sites for hydroxylation is 1. The predicted octanol–water partition coefficient (Wildman–Crippen LogP) is 3.83. The molecule has 3 heteroatoms. The Morgan fingerprint density at radius 1 is 1.14 bits per heavy atom. The van der Waals surface area contributed by atoms with Gasteiger partial charge in [0.15, 0.2) is 0 Å². The minimum absolute atomic E-state index is 0.449. The molecule has 0 saturated heterocycles. The molecule has 114 valence electrons. The van der Waals surface area contributed by atoms with Gasteiger partial charge in [0, 0.05) is 18.5 Å². The van der Waals surface area contributed by atoms with E-state index in [0.717, 1.165) is 25.6 Å². The molecule has 1 N–H and O–H groups in total. The van der Waals surface area contributed by atoms with Crippen LogP contribution >= 0.6 is 0 Å². The van der Waals surface area contributed by atoms with E-state index in [1.54, 1.807) is 0 Å². The lowest BCUT2D eigenvalue weighted by atomic mass is 10.0. The zero-order valence-corrected chi connectivity index (χ0v) is 13.9. The second-order valence-corrected chi connectivity index (χ2v) is 7.41. The summed E-state index contributed by atoms with van der Waals surface area (Å²) in [5, 5.41) is 9.66. The number of hydrogen-bond donors (Lipinski definition) is 1. The molecular formula is C18H27N3. The molecule has 21 heavy (non-hydrogen) atoms. The lowest BCUT2D eigenvalue weighted by Gasteiger charge is -2.04. The lowest BCUT2D eigenvalue weighted by Crippen LogP contribution is -2.19. The number of benzene rings is 1. The van der Waals surface area contributed by atoms with Gasteiger partial charge in [-0.1, -0.05) is 45.9 Å². The first-order valence-corrected chi connectivity index (χ1v) is 8.04. The van der Waals surface area contributed by atoms with E-state index in [1.165, 1.54) is 16.6 Å². The van der Waals surface area contributed by atoms with Crippen molar-refractivity contribution in [3.05, 3.63) is 30.0 Å². The number of para-hydroxylation sites is 1. The van der Waals surface area contributed by atoms with Gasteiger partial charge in [-0.15, -0.1) is 0 Å². The molecule has 1 aromatic heterocycles. The Kier molecular flexibility index (Phi) is 3.36. The molecule has 0 radical (unpaired) electrons. The molecule has 3 rings (SSSR count). The van der Waals surface area contributed by atoms with Crippen molar-refractivity contribution in [1.29, 1.82) is 0 Å². The highest BCUT2D eigenvalue weighted by Crippen LogP contribution is 2.67. The van der Waals surface area contributed by atoms with Crippen LogP contribution in [0.4, 0.5) is 0 Å². The first kappa shape index (κ1) is 14.6. The van der Waals surface area contributed by atoms with Gasteiger partial charge in [0.25, 0.3) is 0 Å². The second kappa shape index (κ2) is 4.84. The van der Waals surface area contributed by atoms with E-state index >= 15 is 0 Å². The minimum atomic E-state index is 0.449. The Morgan fingerprint density at radius 3 is 2.43 bits per heavy atom. The number of rotatable bonds is 5. The zero-order valence-electron chi connectivity index (χ0n) is 13.9. The summed E-state index contributed by atoms with van der Waals surface area (Å²) >= 11 is 0. The van der Waals surface area contributed by atoms with Crippen LogP contribution in [0.25, 0.3) is 10.9 Å². The summed E-state index contributed by atoms with van der Waals surface area (Å²) in [7, 11) is 0. The van der Waals surface area contributed by atoms with Crippen molar-refractivity contribution >= 4 is 10.9 Å². The molecular weight excluding hydrogens is 258 g/mol. The fraction of sp³-hybridized carbons (Fsp3) is 0.611. The van der Waals surface area contributed by atoms with E-state index in [1.807, 2.05) is 0 Å². The molecule has 1 fully saturated rings. The summed E-state index contributed by atoms with van der Waals surface area (Å²) in [4.78, 5) is 0. The molecule has 1 aliphatic rings. The molecule has 1 aromatic carbocycles. The summed E-state index contributed by atoms with van der Waals surface area (Å²) in [6.45, 7) is 14.5. The van der Waals surface area contributed by atoms with Crippen LogP contribution in [0.3, 0.4) is 0 Å². The van der Waals surface area contributed by atoms with Crippen LogP contribution in [-0.4, -0.2) is 16.3 Å². The van der Waals surface area contributed by atoms with Crippen molar-refractivity contribution in [3.63, 3.8) is 0 Å². The maximum absolute atomic E-state index is 4.75. The monoisotopic (exact) mass is 285 g/mol. The normalized spacial score (nSPS) is 20.0. The van der Waals surface area contributed by atoms with Crippen LogP contribution < -0.4 is 5.32 Å². The van der Waals surface area contributed by atoms with Crippen LogP contribution in [0.2, 0.25) is 0 Å². The van der Waals surface area contributed by atoms with E-state index in [4.69, 9.17) is 5.10 Å². The standard InChI is InChI=1S/C18H27N3/c1-6-21-15-10-8-7-9-13(15)14(20-21)11-19-12-16-17(2,3)18(16,4)5/h7-10,16,19H,6,11-12H2,1-5H3. The Bertz CT molecular complexity index is 638. The molecule has 0 spiro atoms. The van der Waals surface area contributed by atoms with Gasteiger partial charge in [-0.3, -0.25) is 4.68 Å². The zero-order chi connectivity index (χ0) is 15.3. The van der Waals surface area contributed by atoms with Gasteiger partial charge < -0.3 is 5.32 Å². The smallest absolute Gasteiger partial charge is 0.0841 e. The molecule has 1 saturated carbocycles. The average molecular weight is 285 g/mol. The van der Waals surface area contributed by atoms with Crippen molar-refractivity contribution in [2.45, 2.75) is 47.7 Å². The predicted molar refractivity (Wildman–Crippen MR) is 88.2 cm³/mol. The Balaban J connectivity index is 1.70. The highest BCUT2D eigenvalue weighted by Gasteiger charge is 2.63. The summed E-state index contributed by atoms with van der Waals surface area (Å²) in [5.74, 6) is 0.754. The number of nitrogens with zero attached hydrogens (tertiary/aromatic N) is 2. The van der Waals surface area contributed by atoms with E-state index in [2.05, 4.69) is 68.9 Å². The third kappa shape index (κ3) is 2.18. The minimum Gasteiger partial charge on any atom is -0.311 e. The van der Waals surface area contributed by atoms with Gasteiger partial charge in [-0.25, -0.2) is 0 Å². The van der Waals surface area contributed by atoms with E-state index in [9.17, 15) is 0 Å². The maximum Gasteiger partial charge on any atom is 0.0841 e. The van der Waals surface area contributed by atoms with Gasteiger partial charge >= 0.3 is 0 Å². The van der Waals surface area contributed by atoms with Gasteiger partial charge in [0.05, 0.1) is 11.2 Å². The van der Waals surface area contributed by atoms with Crippen molar-refractivity contribution in [2.75, 3.05) is 6.54 Å². The molecule has 1 aliphatic carbocycles. The quantitative estimate of drug-likeness (QED) is 0.905. The molecule has 0 bridgehead atoms. The van der Waals surface area contributed by atoms with Crippen molar-refractivity contribution in [3.8, 4) is 0 Å². The highest BCUT2D eigenvalue weighted by atomic mass is 15.3. The van der Waals surface area contributed by atoms with Crippen LogP contribution in [0.15, 0.2) is 24.3 Å². The van der Waals surface area contributed by atoms with E-state index in [0.29, 0.717) is 10.8 Å². The lowest BCUT2D eigenvalue weighted by molar-refractivity contribution is 0.457. The number of hydrogen-bond acceptors (Lipinski definition) is 2. The van der Waals surface area contributed by atoms with Crippen LogP contribution in [0.5, 0.6) is 0 Å². The van der Waals surface area contributed by atoms with Gasteiger partial charge in [0.1, 0.15) is 0 Å². The largest absolute Gasteiger partial charge is 0.311 e. The molecule has 0 aliphatic heterocycles. The van der Waals surface area contributed by atoms with E-state index in [-0.39, 0.29) is 0 Å². The van der Waals surface area contributed by atoms with Gasteiger partial charge in [-0.2, -0.15) is 5.10 Å². The molecule has 0 amide bonds. The number of nitrogens with one attached hydrogen (secondary N) is 1. The molecule has 0 atom stereocenters. The SMILES string of the molecule is CCn1nc(CNCC2C(C)(C)C2(C)C)c2ccccc21. The molecule has 0 unspecified atom stereocenters. The summed E-state index contributed by atoms with van der Waals surface area (Å²) < 4.78 is 2.09. The maximum atomic E-state index is 4.75. The molecule has 1 heterocycles. The van der Waals surface area contributed by atoms with Crippen LogP contribution in [-0.2, 0) is 13.1 Å². The fourth-order valence-electron chi connectivity index (χ4n) is 3.75. The first-order valence-electron chi connectivity index (χ1n) is 8.04. The number of aromatic nitrogens is 2. The van der Waals surface area contributed by atoms with Crippen molar-refractivity contribution in [1.82, 2.24) is 15.1 Å². The van der Waals surface area contributed by atoms with Crippen LogP contribution in [0.1, 0.15) is 40.3 Å². The van der Waals surface area contributed by atoms with Crippen LogP contribution in [0, 0.1) is 16.7 Å². The summed E-state index contributed by atoms with van der Waals surface area (Å²) in [6.07, 6.45) is 0. The number of fused-ring (bicyclic) bond motifs is 1. The molecule has 3 nitrogen and oxygen atoms in total. The second-order valence-electron chi connectivity index (χ2n) is 7.41. The first-order chi connectivity index (χ1) is 9.89. The Hall–Kier alpha value is -1.35. The molecule has 2 aromatic rings. The topological polar surface area (TPSA) is 29.9 Å². The van der Waals surface area contributed by atoms with Gasteiger partial charge in [0.2, 0.25) is 0 Å². The third-order valence-electron chi connectivity index (χ3n) is 5.99. The average Bonchev–Trinajstić information content (AvgIpc) is 2.76. The fourth-order valence-corrected chi connectivity index (χ4v) is 3.75. The van der Waals surface area contributed by atoms with Crippen molar-refractivity contribution in [2.24, 2.45) is 16.7 Å². The third-order valence-corrected chi connectivity index (χ3v) is 5.99. The Labute approximate surface area is 127 Å². The highest BCUT2D eigenvalue weighted by molar-refractivity contribution is 5.81. The van der Waals surface area contributed by atoms with Gasteiger partial charge in [-0.05, 0) is 36.3 Å². The van der Waals surface area contributed by atoms with E-state index < -0.39 is 0 Å². The Morgan fingerprint density at radius 2 is 1.81 bits per heavy atom. The van der Waals surface area contributed by atoms with Crippen molar-refractivity contribution < 1.29 is 0 Å². The summed E-state index contributed by atoms with van der Waals surface area (Å²) in [6, 6.07) is 8.52. The summed E-state index contributed by atoms with van der Waals surface area (Å²) in [5.41, 5.74) is 3.31.